The molecule has 4 heteroatoms. The van der Waals surface area contributed by atoms with Crippen LogP contribution >= 0.6 is 22.6 Å². The molecule has 2 rings (SSSR count). The number of benzene rings is 1. The highest BCUT2D eigenvalue weighted by Crippen LogP contribution is 2.66. The zero-order chi connectivity index (χ0) is 15.1. The van der Waals surface area contributed by atoms with Gasteiger partial charge < -0.3 is 0 Å². The molecule has 0 aliphatic heterocycles. The molecular weight excluding hydrogens is 363 g/mol. The number of hydrogen-bond donors (Lipinski definition) is 0. The van der Waals surface area contributed by atoms with Crippen molar-refractivity contribution in [2.75, 3.05) is 0 Å². The van der Waals surface area contributed by atoms with Gasteiger partial charge in [0.25, 0.3) is 0 Å². The number of halogens is 1. The average Bonchev–Trinajstić information content (AvgIpc) is 3.06. The number of nitrogens with zero attached hydrogens (tertiary/aromatic N) is 2. The first-order valence-electron chi connectivity index (χ1n) is 6.40. The van der Waals surface area contributed by atoms with E-state index in [0.29, 0.717) is 0 Å². The molecule has 0 radical (unpaired) electrons. The second kappa shape index (κ2) is 4.86. The maximum Gasteiger partial charge on any atom is 0.161 e. The van der Waals surface area contributed by atoms with Crippen LogP contribution in [-0.4, -0.2) is 5.78 Å². The molecule has 1 aromatic rings. The van der Waals surface area contributed by atoms with Crippen LogP contribution in [0.5, 0.6) is 0 Å². The minimum absolute atomic E-state index is 0.00976. The van der Waals surface area contributed by atoms with Gasteiger partial charge in [-0.1, -0.05) is 32.9 Å². The van der Waals surface area contributed by atoms with Crippen molar-refractivity contribution in [3.8, 4) is 12.1 Å². The number of carbonyl (C=O) groups is 1. The molecule has 0 amide bonds. The highest BCUT2D eigenvalue weighted by molar-refractivity contribution is 14.1. The number of hydrogen-bond acceptors (Lipinski definition) is 3. The Morgan fingerprint density at radius 3 is 2.35 bits per heavy atom. The molecule has 0 aromatic heterocycles. The van der Waals surface area contributed by atoms with Crippen molar-refractivity contribution in [3.63, 3.8) is 0 Å². The van der Waals surface area contributed by atoms with Gasteiger partial charge in [-0.25, -0.2) is 0 Å². The standard InChI is InChI=1S/C16H15IN2O/c1-15(2,3)14(20)13-12(16(13,8-18)9-19)10-5-4-6-11(17)7-10/h4-7,12-13H,1-3H3/t12-,13-/m1/s1. The Morgan fingerprint density at radius 1 is 1.30 bits per heavy atom. The Hall–Kier alpha value is -1.40. The largest absolute Gasteiger partial charge is 0.299 e. The van der Waals surface area contributed by atoms with Gasteiger partial charge in [0, 0.05) is 14.9 Å². The van der Waals surface area contributed by atoms with Gasteiger partial charge in [0.05, 0.1) is 18.1 Å². The summed E-state index contributed by atoms with van der Waals surface area (Å²) in [6.07, 6.45) is 0. The Balaban J connectivity index is 2.46. The van der Waals surface area contributed by atoms with Gasteiger partial charge in [0.2, 0.25) is 0 Å². The molecule has 0 N–H and O–H groups in total. The van der Waals surface area contributed by atoms with Crippen LogP contribution in [-0.2, 0) is 4.79 Å². The zero-order valence-corrected chi connectivity index (χ0v) is 13.8. The summed E-state index contributed by atoms with van der Waals surface area (Å²) in [7, 11) is 0. The second-order valence-corrected chi connectivity index (χ2v) is 7.46. The summed E-state index contributed by atoms with van der Waals surface area (Å²) < 4.78 is 1.04. The number of rotatable bonds is 2. The lowest BCUT2D eigenvalue weighted by Gasteiger charge is -2.16. The molecule has 1 aliphatic carbocycles. The summed E-state index contributed by atoms with van der Waals surface area (Å²) >= 11 is 2.19. The van der Waals surface area contributed by atoms with Gasteiger partial charge >= 0.3 is 0 Å². The van der Waals surface area contributed by atoms with E-state index >= 15 is 0 Å². The fourth-order valence-electron chi connectivity index (χ4n) is 2.67. The van der Waals surface area contributed by atoms with Crippen LogP contribution in [0.4, 0.5) is 0 Å². The molecule has 0 bridgehead atoms. The third kappa shape index (κ3) is 2.23. The summed E-state index contributed by atoms with van der Waals surface area (Å²) in [6.45, 7) is 5.50. The second-order valence-electron chi connectivity index (χ2n) is 6.22. The number of ketones is 1. The van der Waals surface area contributed by atoms with Crippen LogP contribution in [0, 0.1) is 43.0 Å². The first-order valence-corrected chi connectivity index (χ1v) is 7.48. The van der Waals surface area contributed by atoms with E-state index in [1.54, 1.807) is 0 Å². The minimum atomic E-state index is -1.20. The van der Waals surface area contributed by atoms with Crippen molar-refractivity contribution in [3.05, 3.63) is 33.4 Å². The van der Waals surface area contributed by atoms with E-state index in [9.17, 15) is 15.3 Å². The van der Waals surface area contributed by atoms with Crippen LogP contribution in [0.25, 0.3) is 0 Å². The molecule has 1 aliphatic rings. The van der Waals surface area contributed by atoms with Crippen LogP contribution < -0.4 is 0 Å². The molecule has 20 heavy (non-hydrogen) atoms. The average molecular weight is 378 g/mol. The van der Waals surface area contributed by atoms with Gasteiger partial charge in [0.1, 0.15) is 5.78 Å². The van der Waals surface area contributed by atoms with Gasteiger partial charge in [-0.3, -0.25) is 4.79 Å². The van der Waals surface area contributed by atoms with Crippen LogP contribution in [0.15, 0.2) is 24.3 Å². The topological polar surface area (TPSA) is 64.7 Å². The van der Waals surface area contributed by atoms with Gasteiger partial charge in [-0.15, -0.1) is 0 Å². The Bertz CT molecular complexity index is 632. The highest BCUT2D eigenvalue weighted by Gasteiger charge is 2.71. The highest BCUT2D eigenvalue weighted by atomic mass is 127. The number of carbonyl (C=O) groups excluding carboxylic acids is 1. The Labute approximate surface area is 132 Å². The Morgan fingerprint density at radius 2 is 1.90 bits per heavy atom. The fraction of sp³-hybridized carbons (Fsp3) is 0.438. The summed E-state index contributed by atoms with van der Waals surface area (Å²) in [5.74, 6) is -0.834. The van der Waals surface area contributed by atoms with E-state index in [1.165, 1.54) is 0 Å². The molecule has 0 spiro atoms. The molecule has 3 nitrogen and oxygen atoms in total. The van der Waals surface area contributed by atoms with Crippen molar-refractivity contribution >= 4 is 28.4 Å². The van der Waals surface area contributed by atoms with Crippen molar-refractivity contribution in [2.24, 2.45) is 16.7 Å². The molecule has 102 valence electrons. The lowest BCUT2D eigenvalue weighted by Crippen LogP contribution is -2.24. The smallest absolute Gasteiger partial charge is 0.161 e. The predicted molar refractivity (Wildman–Crippen MR) is 83.5 cm³/mol. The number of nitriles is 2. The van der Waals surface area contributed by atoms with E-state index < -0.39 is 16.7 Å². The van der Waals surface area contributed by atoms with E-state index in [1.807, 2.05) is 45.0 Å². The Kier molecular flexibility index (Phi) is 3.64. The van der Waals surface area contributed by atoms with E-state index in [0.717, 1.165) is 9.13 Å². The normalized spacial score (nSPS) is 23.5. The van der Waals surface area contributed by atoms with Gasteiger partial charge in [-0.2, -0.15) is 10.5 Å². The fourth-order valence-corrected chi connectivity index (χ4v) is 3.24. The van der Waals surface area contributed by atoms with Crippen LogP contribution in [0.1, 0.15) is 32.3 Å². The molecule has 1 fully saturated rings. The molecule has 2 atom stereocenters. The maximum absolute atomic E-state index is 12.5. The molecule has 0 heterocycles. The van der Waals surface area contributed by atoms with Gasteiger partial charge in [0.15, 0.2) is 5.41 Å². The lowest BCUT2D eigenvalue weighted by molar-refractivity contribution is -0.128. The van der Waals surface area contributed by atoms with Crippen molar-refractivity contribution in [1.29, 1.82) is 10.5 Å². The minimum Gasteiger partial charge on any atom is -0.299 e. The molecule has 0 unspecified atom stereocenters. The lowest BCUT2D eigenvalue weighted by atomic mass is 9.85. The first kappa shape index (κ1) is 15.0. The maximum atomic E-state index is 12.5. The van der Waals surface area contributed by atoms with E-state index in [2.05, 4.69) is 34.7 Å². The zero-order valence-electron chi connectivity index (χ0n) is 11.6. The summed E-state index contributed by atoms with van der Waals surface area (Å²) in [5.41, 5.74) is -0.836. The summed E-state index contributed by atoms with van der Waals surface area (Å²) in [5, 5.41) is 18.8. The number of Topliss-reactive ketones (excluding diaryl/α,β-unsaturated/α-hetero) is 1. The molecule has 1 saturated carbocycles. The molecular formula is C16H15IN2O. The monoisotopic (exact) mass is 378 g/mol. The molecule has 0 saturated heterocycles. The molecule has 1 aromatic carbocycles. The van der Waals surface area contributed by atoms with Crippen LogP contribution in [0.3, 0.4) is 0 Å². The van der Waals surface area contributed by atoms with Crippen molar-refractivity contribution in [2.45, 2.75) is 26.7 Å². The third-order valence-corrected chi connectivity index (χ3v) is 4.48. The summed E-state index contributed by atoms with van der Waals surface area (Å²) in [4.78, 5) is 12.5. The van der Waals surface area contributed by atoms with Crippen molar-refractivity contribution < 1.29 is 4.79 Å². The SMILES string of the molecule is CC(C)(C)C(=O)[C@H]1[C@@H](c2cccc(I)c2)C1(C#N)C#N. The quantitative estimate of drug-likeness (QED) is 0.738. The predicted octanol–water partition coefficient (Wildman–Crippen LogP) is 3.65. The third-order valence-electron chi connectivity index (χ3n) is 3.80. The first-order chi connectivity index (χ1) is 9.28. The van der Waals surface area contributed by atoms with E-state index in [4.69, 9.17) is 0 Å². The van der Waals surface area contributed by atoms with Gasteiger partial charge in [-0.05, 0) is 40.3 Å². The van der Waals surface area contributed by atoms with E-state index in [-0.39, 0.29) is 11.7 Å². The van der Waals surface area contributed by atoms with Crippen molar-refractivity contribution in [1.82, 2.24) is 0 Å². The summed E-state index contributed by atoms with van der Waals surface area (Å²) in [6, 6.07) is 11.9. The van der Waals surface area contributed by atoms with Crippen LogP contribution in [0.2, 0.25) is 0 Å².